The van der Waals surface area contributed by atoms with Crippen LogP contribution in [0.15, 0.2) is 6.20 Å². The number of halogens is 1. The highest BCUT2D eigenvalue weighted by Gasteiger charge is 2.21. The topological polar surface area (TPSA) is 42.4 Å². The first-order valence-corrected chi connectivity index (χ1v) is 6.17. The lowest BCUT2D eigenvalue weighted by atomic mass is 10.2. The molecule has 0 aromatic carbocycles. The van der Waals surface area contributed by atoms with Gasteiger partial charge in [0.2, 0.25) is 0 Å². The molecule has 16 heavy (non-hydrogen) atoms. The number of ether oxygens (including phenoxy) is 1. The predicted octanol–water partition coefficient (Wildman–Crippen LogP) is 2.35. The molecule has 1 heterocycles. The monoisotopic (exact) mass is 262 g/mol. The van der Waals surface area contributed by atoms with Gasteiger partial charge in [0.1, 0.15) is 9.34 Å². The Kier molecular flexibility index (Phi) is 5.18. The maximum absolute atomic E-state index is 11.4. The molecule has 0 aliphatic heterocycles. The van der Waals surface area contributed by atoms with Crippen LogP contribution in [0.3, 0.4) is 0 Å². The molecule has 4 nitrogen and oxygen atoms in total. The van der Waals surface area contributed by atoms with Crippen molar-refractivity contribution in [3.05, 3.63) is 15.5 Å². The standard InChI is InChI=1S/C10H15ClN2O2S/c1-4-15-9(14)5-7(13(2)3)10-12-6-8(11)16-10/h6-7H,4-5H2,1-3H3. The van der Waals surface area contributed by atoms with Gasteiger partial charge < -0.3 is 4.74 Å². The van der Waals surface area contributed by atoms with Crippen LogP contribution in [0, 0.1) is 0 Å². The van der Waals surface area contributed by atoms with Gasteiger partial charge in [-0.15, -0.1) is 11.3 Å². The zero-order valence-corrected chi connectivity index (χ0v) is 11.1. The minimum atomic E-state index is -0.215. The van der Waals surface area contributed by atoms with Crippen molar-refractivity contribution in [3.8, 4) is 0 Å². The Balaban J connectivity index is 2.72. The number of esters is 1. The summed E-state index contributed by atoms with van der Waals surface area (Å²) < 4.78 is 5.56. The molecule has 0 spiro atoms. The molecule has 0 saturated heterocycles. The van der Waals surface area contributed by atoms with Gasteiger partial charge >= 0.3 is 5.97 Å². The maximum Gasteiger partial charge on any atom is 0.307 e. The SMILES string of the molecule is CCOC(=O)CC(c1ncc(Cl)s1)N(C)C. The van der Waals surface area contributed by atoms with E-state index in [-0.39, 0.29) is 12.0 Å². The van der Waals surface area contributed by atoms with Crippen molar-refractivity contribution < 1.29 is 9.53 Å². The first kappa shape index (κ1) is 13.4. The molecule has 1 unspecified atom stereocenters. The van der Waals surface area contributed by atoms with Gasteiger partial charge in [-0.25, -0.2) is 4.98 Å². The number of hydrogen-bond acceptors (Lipinski definition) is 5. The van der Waals surface area contributed by atoms with Crippen molar-refractivity contribution in [2.24, 2.45) is 0 Å². The van der Waals surface area contributed by atoms with E-state index in [9.17, 15) is 4.79 Å². The molecule has 0 fully saturated rings. The molecule has 0 amide bonds. The molecule has 1 atom stereocenters. The van der Waals surface area contributed by atoms with Gasteiger partial charge in [-0.2, -0.15) is 0 Å². The summed E-state index contributed by atoms with van der Waals surface area (Å²) in [5.74, 6) is -0.215. The molecule has 90 valence electrons. The van der Waals surface area contributed by atoms with E-state index in [0.717, 1.165) is 5.01 Å². The van der Waals surface area contributed by atoms with Gasteiger partial charge in [-0.3, -0.25) is 9.69 Å². The highest BCUT2D eigenvalue weighted by atomic mass is 35.5. The number of carbonyl (C=O) groups is 1. The summed E-state index contributed by atoms with van der Waals surface area (Å²) in [6.07, 6.45) is 1.90. The van der Waals surface area contributed by atoms with E-state index in [1.54, 1.807) is 13.1 Å². The van der Waals surface area contributed by atoms with Crippen LogP contribution in [0.2, 0.25) is 4.34 Å². The molecule has 1 aromatic rings. The van der Waals surface area contributed by atoms with Gasteiger partial charge in [0.15, 0.2) is 0 Å². The smallest absolute Gasteiger partial charge is 0.307 e. The van der Waals surface area contributed by atoms with E-state index in [0.29, 0.717) is 17.4 Å². The van der Waals surface area contributed by atoms with Gasteiger partial charge in [0, 0.05) is 0 Å². The van der Waals surface area contributed by atoms with E-state index < -0.39 is 0 Å². The largest absolute Gasteiger partial charge is 0.466 e. The van der Waals surface area contributed by atoms with E-state index in [1.807, 2.05) is 19.0 Å². The van der Waals surface area contributed by atoms with Crippen LogP contribution in [-0.4, -0.2) is 36.6 Å². The lowest BCUT2D eigenvalue weighted by molar-refractivity contribution is -0.144. The van der Waals surface area contributed by atoms with E-state index in [4.69, 9.17) is 16.3 Å². The van der Waals surface area contributed by atoms with Gasteiger partial charge in [-0.05, 0) is 21.0 Å². The van der Waals surface area contributed by atoms with Crippen LogP contribution >= 0.6 is 22.9 Å². The molecular formula is C10H15ClN2O2S. The van der Waals surface area contributed by atoms with Crippen molar-refractivity contribution in [2.75, 3.05) is 20.7 Å². The van der Waals surface area contributed by atoms with Gasteiger partial charge in [-0.1, -0.05) is 11.6 Å². The fourth-order valence-corrected chi connectivity index (χ4v) is 2.42. The predicted molar refractivity (Wildman–Crippen MR) is 64.8 cm³/mol. The van der Waals surface area contributed by atoms with Crippen LogP contribution in [-0.2, 0) is 9.53 Å². The van der Waals surface area contributed by atoms with Crippen molar-refractivity contribution in [1.82, 2.24) is 9.88 Å². The molecule has 6 heteroatoms. The maximum atomic E-state index is 11.4. The summed E-state index contributed by atoms with van der Waals surface area (Å²) in [6, 6.07) is -0.0726. The van der Waals surface area contributed by atoms with Crippen molar-refractivity contribution in [1.29, 1.82) is 0 Å². The van der Waals surface area contributed by atoms with Crippen LogP contribution < -0.4 is 0 Å². The molecule has 0 N–H and O–H groups in total. The molecule has 0 bridgehead atoms. The number of rotatable bonds is 5. The Morgan fingerprint density at radius 1 is 1.69 bits per heavy atom. The van der Waals surface area contributed by atoms with Gasteiger partial charge in [0.05, 0.1) is 25.3 Å². The Morgan fingerprint density at radius 3 is 2.81 bits per heavy atom. The molecule has 0 aliphatic rings. The molecule has 1 aromatic heterocycles. The molecule has 0 aliphatic carbocycles. The number of carbonyl (C=O) groups excluding carboxylic acids is 1. The summed E-state index contributed by atoms with van der Waals surface area (Å²) >= 11 is 7.22. The highest BCUT2D eigenvalue weighted by molar-refractivity contribution is 7.15. The normalized spacial score (nSPS) is 12.8. The first-order chi connectivity index (χ1) is 7.54. The Labute approximate surface area is 104 Å². The van der Waals surface area contributed by atoms with Crippen LogP contribution in [0.25, 0.3) is 0 Å². The zero-order valence-electron chi connectivity index (χ0n) is 9.57. The van der Waals surface area contributed by atoms with Crippen molar-refractivity contribution >= 4 is 28.9 Å². The van der Waals surface area contributed by atoms with Crippen molar-refractivity contribution in [2.45, 2.75) is 19.4 Å². The number of aromatic nitrogens is 1. The number of thiazole rings is 1. The van der Waals surface area contributed by atoms with Crippen LogP contribution in [0.4, 0.5) is 0 Å². The third-order valence-electron chi connectivity index (χ3n) is 2.07. The lowest BCUT2D eigenvalue weighted by Crippen LogP contribution is -2.23. The fourth-order valence-electron chi connectivity index (χ4n) is 1.29. The van der Waals surface area contributed by atoms with E-state index >= 15 is 0 Å². The average Bonchev–Trinajstić information content (AvgIpc) is 2.61. The minimum absolute atomic E-state index is 0.0726. The Bertz CT molecular complexity index is 354. The second kappa shape index (κ2) is 6.18. The lowest BCUT2D eigenvalue weighted by Gasteiger charge is -2.20. The third-order valence-corrected chi connectivity index (χ3v) is 3.29. The average molecular weight is 263 g/mol. The summed E-state index contributed by atoms with van der Waals surface area (Å²) in [5.41, 5.74) is 0. The van der Waals surface area contributed by atoms with E-state index in [1.165, 1.54) is 11.3 Å². The summed E-state index contributed by atoms with van der Waals surface area (Å²) in [5, 5.41) is 0.836. The first-order valence-electron chi connectivity index (χ1n) is 4.97. The quantitative estimate of drug-likeness (QED) is 0.764. The number of nitrogens with zero attached hydrogens (tertiary/aromatic N) is 2. The molecular weight excluding hydrogens is 248 g/mol. The second-order valence-corrected chi connectivity index (χ2v) is 5.18. The second-order valence-electron chi connectivity index (χ2n) is 3.49. The highest BCUT2D eigenvalue weighted by Crippen LogP contribution is 2.29. The van der Waals surface area contributed by atoms with E-state index in [2.05, 4.69) is 4.98 Å². The summed E-state index contributed by atoms with van der Waals surface area (Å²) in [4.78, 5) is 17.6. The number of hydrogen-bond donors (Lipinski definition) is 0. The van der Waals surface area contributed by atoms with Crippen LogP contribution in [0.1, 0.15) is 24.4 Å². The Hall–Kier alpha value is -0.650. The zero-order chi connectivity index (χ0) is 12.1. The fraction of sp³-hybridized carbons (Fsp3) is 0.600. The summed E-state index contributed by atoms with van der Waals surface area (Å²) in [7, 11) is 3.80. The van der Waals surface area contributed by atoms with Crippen LogP contribution in [0.5, 0.6) is 0 Å². The summed E-state index contributed by atoms with van der Waals surface area (Å²) in [6.45, 7) is 2.19. The molecule has 0 radical (unpaired) electrons. The third kappa shape index (κ3) is 3.73. The van der Waals surface area contributed by atoms with Crippen molar-refractivity contribution in [3.63, 3.8) is 0 Å². The Morgan fingerprint density at radius 2 is 2.38 bits per heavy atom. The molecule has 0 saturated carbocycles. The van der Waals surface area contributed by atoms with Gasteiger partial charge in [0.25, 0.3) is 0 Å². The molecule has 1 rings (SSSR count). The minimum Gasteiger partial charge on any atom is -0.466 e.